The number of rotatable bonds is 7. The molecule has 2 nitrogen and oxygen atoms in total. The van der Waals surface area contributed by atoms with E-state index in [2.05, 4.69) is 11.8 Å². The molecule has 1 rings (SSSR count). The predicted molar refractivity (Wildman–Crippen MR) is 81.3 cm³/mol. The average Bonchev–Trinajstić information content (AvgIpc) is 2.41. The van der Waals surface area contributed by atoms with Crippen molar-refractivity contribution in [2.45, 2.75) is 58.8 Å². The fourth-order valence-corrected chi connectivity index (χ4v) is 2.42. The minimum absolute atomic E-state index is 0.108. The van der Waals surface area contributed by atoms with Crippen LogP contribution in [0.4, 0.5) is 18.9 Å². The van der Waals surface area contributed by atoms with E-state index in [9.17, 15) is 13.2 Å². The van der Waals surface area contributed by atoms with Gasteiger partial charge in [0.2, 0.25) is 0 Å². The number of alkyl halides is 3. The topological polar surface area (TPSA) is 29.3 Å². The van der Waals surface area contributed by atoms with Gasteiger partial charge < -0.3 is 10.6 Å². The van der Waals surface area contributed by atoms with Crippen LogP contribution in [0.3, 0.4) is 0 Å². The Hall–Kier alpha value is -1.23. The summed E-state index contributed by atoms with van der Waals surface area (Å²) in [4.78, 5) is 2.13. The molecule has 2 N–H and O–H groups in total. The summed E-state index contributed by atoms with van der Waals surface area (Å²) in [5, 5.41) is 0. The van der Waals surface area contributed by atoms with Crippen molar-refractivity contribution in [1.82, 2.24) is 0 Å². The highest BCUT2D eigenvalue weighted by Gasteiger charge is 2.33. The molecule has 5 heteroatoms. The summed E-state index contributed by atoms with van der Waals surface area (Å²) in [6, 6.07) is 4.51. The van der Waals surface area contributed by atoms with Crippen molar-refractivity contribution in [3.8, 4) is 0 Å². The highest BCUT2D eigenvalue weighted by atomic mass is 19.4. The number of nitrogens with two attached hydrogens (primary N) is 1. The number of unbranched alkanes of at least 4 members (excludes halogenated alkanes) is 2. The van der Waals surface area contributed by atoms with Gasteiger partial charge in [0.25, 0.3) is 0 Å². The van der Waals surface area contributed by atoms with Crippen molar-refractivity contribution in [3.05, 3.63) is 29.3 Å². The quantitative estimate of drug-likeness (QED) is 0.748. The molecule has 0 fully saturated rings. The standard InChI is InChI=1S/C16H25F3N2/c1-4-5-6-9-21(12(2)3)14-7-8-15(16(17,18)19)13(10-14)11-20/h7-8,10,12H,4-6,9,11,20H2,1-3H3. The fraction of sp³-hybridized carbons (Fsp3) is 0.625. The lowest BCUT2D eigenvalue weighted by Gasteiger charge is -2.30. The minimum atomic E-state index is -4.35. The Morgan fingerprint density at radius 2 is 1.86 bits per heavy atom. The second kappa shape index (κ2) is 7.69. The van der Waals surface area contributed by atoms with E-state index in [1.807, 2.05) is 13.8 Å². The van der Waals surface area contributed by atoms with Gasteiger partial charge in [-0.15, -0.1) is 0 Å². The predicted octanol–water partition coefficient (Wildman–Crippen LogP) is 4.57. The second-order valence-electron chi connectivity index (χ2n) is 5.54. The maximum atomic E-state index is 12.9. The SMILES string of the molecule is CCCCCN(c1ccc(C(F)(F)F)c(CN)c1)C(C)C. The van der Waals surface area contributed by atoms with E-state index >= 15 is 0 Å². The summed E-state index contributed by atoms with van der Waals surface area (Å²) < 4.78 is 38.7. The van der Waals surface area contributed by atoms with Crippen molar-refractivity contribution >= 4 is 5.69 Å². The number of benzene rings is 1. The third-order valence-corrected chi connectivity index (χ3v) is 3.57. The van der Waals surface area contributed by atoms with E-state index in [0.717, 1.165) is 37.6 Å². The number of hydrogen-bond acceptors (Lipinski definition) is 2. The first-order valence-electron chi connectivity index (χ1n) is 7.48. The van der Waals surface area contributed by atoms with Crippen molar-refractivity contribution in [2.75, 3.05) is 11.4 Å². The molecule has 0 spiro atoms. The molecular weight excluding hydrogens is 277 g/mol. The lowest BCUT2D eigenvalue weighted by Crippen LogP contribution is -2.32. The lowest BCUT2D eigenvalue weighted by atomic mass is 10.0. The van der Waals surface area contributed by atoms with Crippen molar-refractivity contribution in [2.24, 2.45) is 5.73 Å². The van der Waals surface area contributed by atoms with E-state index in [0.29, 0.717) is 0 Å². The smallest absolute Gasteiger partial charge is 0.369 e. The maximum Gasteiger partial charge on any atom is 0.416 e. The van der Waals surface area contributed by atoms with Crippen LogP contribution in [-0.2, 0) is 12.7 Å². The Labute approximate surface area is 125 Å². The first-order chi connectivity index (χ1) is 9.81. The average molecular weight is 302 g/mol. The Morgan fingerprint density at radius 3 is 2.33 bits per heavy atom. The summed E-state index contributed by atoms with van der Waals surface area (Å²) in [7, 11) is 0. The van der Waals surface area contributed by atoms with E-state index in [4.69, 9.17) is 5.73 Å². The molecule has 0 aliphatic rings. The molecule has 120 valence electrons. The Balaban J connectivity index is 3.04. The maximum absolute atomic E-state index is 12.9. The molecule has 1 aromatic rings. The molecule has 0 aliphatic heterocycles. The van der Waals surface area contributed by atoms with Crippen LogP contribution in [0.5, 0.6) is 0 Å². The van der Waals surface area contributed by atoms with Crippen LogP contribution in [0.1, 0.15) is 51.2 Å². The van der Waals surface area contributed by atoms with Gasteiger partial charge in [-0.1, -0.05) is 19.8 Å². The van der Waals surface area contributed by atoms with E-state index in [1.54, 1.807) is 12.1 Å². The molecule has 0 aromatic heterocycles. The van der Waals surface area contributed by atoms with Gasteiger partial charge in [-0.25, -0.2) is 0 Å². The fourth-order valence-electron chi connectivity index (χ4n) is 2.42. The number of halogens is 3. The summed E-state index contributed by atoms with van der Waals surface area (Å²) in [5.74, 6) is 0. The van der Waals surface area contributed by atoms with Gasteiger partial charge in [-0.05, 0) is 44.0 Å². The van der Waals surface area contributed by atoms with Gasteiger partial charge in [-0.2, -0.15) is 13.2 Å². The molecule has 0 heterocycles. The van der Waals surface area contributed by atoms with Crippen LogP contribution >= 0.6 is 0 Å². The van der Waals surface area contributed by atoms with Gasteiger partial charge in [0.1, 0.15) is 0 Å². The zero-order valence-electron chi connectivity index (χ0n) is 13.0. The van der Waals surface area contributed by atoms with Gasteiger partial charge in [0, 0.05) is 24.8 Å². The molecule has 0 saturated carbocycles. The molecule has 0 atom stereocenters. The van der Waals surface area contributed by atoms with E-state index in [1.165, 1.54) is 0 Å². The molecule has 21 heavy (non-hydrogen) atoms. The second-order valence-corrected chi connectivity index (χ2v) is 5.54. The molecule has 0 unspecified atom stereocenters. The molecule has 0 bridgehead atoms. The van der Waals surface area contributed by atoms with Crippen LogP contribution in [-0.4, -0.2) is 12.6 Å². The molecule has 1 aromatic carbocycles. The molecule has 0 amide bonds. The van der Waals surface area contributed by atoms with Crippen LogP contribution in [0.15, 0.2) is 18.2 Å². The summed E-state index contributed by atoms with van der Waals surface area (Å²) >= 11 is 0. The summed E-state index contributed by atoms with van der Waals surface area (Å²) in [6.45, 7) is 6.96. The monoisotopic (exact) mass is 302 g/mol. The normalized spacial score (nSPS) is 12.0. The zero-order chi connectivity index (χ0) is 16.0. The van der Waals surface area contributed by atoms with Crippen LogP contribution in [0.25, 0.3) is 0 Å². The van der Waals surface area contributed by atoms with Gasteiger partial charge in [-0.3, -0.25) is 0 Å². The van der Waals surface area contributed by atoms with Crippen molar-refractivity contribution in [3.63, 3.8) is 0 Å². The molecule has 0 radical (unpaired) electrons. The first kappa shape index (κ1) is 17.8. The third-order valence-electron chi connectivity index (χ3n) is 3.57. The highest BCUT2D eigenvalue weighted by molar-refractivity contribution is 5.52. The zero-order valence-corrected chi connectivity index (χ0v) is 13.0. The van der Waals surface area contributed by atoms with Crippen LogP contribution in [0.2, 0.25) is 0 Å². The number of nitrogens with zero attached hydrogens (tertiary/aromatic N) is 1. The van der Waals surface area contributed by atoms with Crippen LogP contribution < -0.4 is 10.6 Å². The first-order valence-corrected chi connectivity index (χ1v) is 7.48. The Morgan fingerprint density at radius 1 is 1.19 bits per heavy atom. The number of anilines is 1. The van der Waals surface area contributed by atoms with Crippen LogP contribution in [0, 0.1) is 0 Å². The van der Waals surface area contributed by atoms with Gasteiger partial charge in [0.15, 0.2) is 0 Å². The Bertz CT molecular complexity index is 442. The summed E-state index contributed by atoms with van der Waals surface area (Å²) in [5.41, 5.74) is 5.83. The largest absolute Gasteiger partial charge is 0.416 e. The van der Waals surface area contributed by atoms with E-state index < -0.39 is 11.7 Å². The Kier molecular flexibility index (Phi) is 6.52. The van der Waals surface area contributed by atoms with E-state index in [-0.39, 0.29) is 18.2 Å². The van der Waals surface area contributed by atoms with Gasteiger partial charge >= 0.3 is 6.18 Å². The van der Waals surface area contributed by atoms with Crippen molar-refractivity contribution in [1.29, 1.82) is 0 Å². The third kappa shape index (κ3) is 4.92. The molecule has 0 aliphatic carbocycles. The summed E-state index contributed by atoms with van der Waals surface area (Å²) in [6.07, 6.45) is -1.08. The highest BCUT2D eigenvalue weighted by Crippen LogP contribution is 2.34. The molecular formula is C16H25F3N2. The van der Waals surface area contributed by atoms with Gasteiger partial charge in [0.05, 0.1) is 5.56 Å². The molecule has 0 saturated heterocycles. The number of hydrogen-bond donors (Lipinski definition) is 1. The minimum Gasteiger partial charge on any atom is -0.369 e. The van der Waals surface area contributed by atoms with Crippen molar-refractivity contribution < 1.29 is 13.2 Å². The lowest BCUT2D eigenvalue weighted by molar-refractivity contribution is -0.138.